The van der Waals surface area contributed by atoms with Crippen LogP contribution in [0.25, 0.3) is 11.3 Å². The van der Waals surface area contributed by atoms with Crippen LogP contribution < -0.4 is 5.32 Å². The van der Waals surface area contributed by atoms with E-state index in [9.17, 15) is 4.79 Å². The van der Waals surface area contributed by atoms with Gasteiger partial charge in [-0.3, -0.25) is 4.79 Å². The van der Waals surface area contributed by atoms with Crippen molar-refractivity contribution >= 4 is 11.6 Å². The van der Waals surface area contributed by atoms with Crippen molar-refractivity contribution in [1.82, 2.24) is 0 Å². The summed E-state index contributed by atoms with van der Waals surface area (Å²) in [6.45, 7) is 0. The lowest BCUT2D eigenvalue weighted by molar-refractivity contribution is 0.102. The van der Waals surface area contributed by atoms with Crippen LogP contribution in [0.2, 0.25) is 0 Å². The van der Waals surface area contributed by atoms with Crippen LogP contribution in [0, 0.1) is 0 Å². The van der Waals surface area contributed by atoms with Crippen LogP contribution in [0.1, 0.15) is 10.4 Å². The molecule has 1 heterocycles. The van der Waals surface area contributed by atoms with Crippen molar-refractivity contribution in [2.24, 2.45) is 0 Å². The molecule has 3 nitrogen and oxygen atoms in total. The Morgan fingerprint density at radius 2 is 1.60 bits per heavy atom. The highest BCUT2D eigenvalue weighted by Gasteiger charge is 2.13. The van der Waals surface area contributed by atoms with E-state index in [1.54, 1.807) is 18.4 Å². The van der Waals surface area contributed by atoms with Gasteiger partial charge in [-0.25, -0.2) is 0 Å². The third-order valence-corrected chi connectivity index (χ3v) is 2.99. The van der Waals surface area contributed by atoms with Crippen LogP contribution in [0.5, 0.6) is 0 Å². The zero-order valence-corrected chi connectivity index (χ0v) is 10.7. The lowest BCUT2D eigenvalue weighted by atomic mass is 10.0. The minimum absolute atomic E-state index is 0.150. The Balaban J connectivity index is 1.93. The third kappa shape index (κ3) is 2.47. The van der Waals surface area contributed by atoms with Gasteiger partial charge in [0, 0.05) is 11.3 Å². The van der Waals surface area contributed by atoms with Gasteiger partial charge < -0.3 is 9.73 Å². The van der Waals surface area contributed by atoms with E-state index >= 15 is 0 Å². The number of amides is 1. The average molecular weight is 263 g/mol. The van der Waals surface area contributed by atoms with E-state index in [1.807, 2.05) is 54.6 Å². The summed E-state index contributed by atoms with van der Waals surface area (Å²) < 4.78 is 5.38. The van der Waals surface area contributed by atoms with Gasteiger partial charge in [-0.15, -0.1) is 0 Å². The normalized spacial score (nSPS) is 10.2. The SMILES string of the molecule is O=C(Nc1ccccc1)c1ccccc1-c1ccco1. The van der Waals surface area contributed by atoms with Crippen molar-refractivity contribution in [3.8, 4) is 11.3 Å². The first kappa shape index (κ1) is 12.2. The molecule has 0 atom stereocenters. The van der Waals surface area contributed by atoms with E-state index < -0.39 is 0 Å². The fraction of sp³-hybridized carbons (Fsp3) is 0. The van der Waals surface area contributed by atoms with Crippen LogP contribution in [0.15, 0.2) is 77.4 Å². The lowest BCUT2D eigenvalue weighted by Crippen LogP contribution is -2.12. The molecule has 0 fully saturated rings. The quantitative estimate of drug-likeness (QED) is 0.769. The molecule has 0 aliphatic rings. The van der Waals surface area contributed by atoms with E-state index in [2.05, 4.69) is 5.32 Å². The standard InChI is InChI=1S/C17H13NO2/c19-17(18-13-7-2-1-3-8-13)15-10-5-4-9-14(15)16-11-6-12-20-16/h1-12H,(H,18,19). The van der Waals surface area contributed by atoms with Crippen LogP contribution >= 0.6 is 0 Å². The highest BCUT2D eigenvalue weighted by atomic mass is 16.3. The lowest BCUT2D eigenvalue weighted by Gasteiger charge is -2.08. The molecule has 0 saturated heterocycles. The number of hydrogen-bond donors (Lipinski definition) is 1. The molecule has 1 N–H and O–H groups in total. The molecular formula is C17H13NO2. The molecule has 98 valence electrons. The van der Waals surface area contributed by atoms with Crippen molar-refractivity contribution < 1.29 is 9.21 Å². The van der Waals surface area contributed by atoms with Gasteiger partial charge in [-0.05, 0) is 30.3 Å². The second-order valence-corrected chi connectivity index (χ2v) is 4.34. The summed E-state index contributed by atoms with van der Waals surface area (Å²) in [6.07, 6.45) is 1.60. The maximum absolute atomic E-state index is 12.4. The van der Waals surface area contributed by atoms with Crippen LogP contribution in [-0.2, 0) is 0 Å². The third-order valence-electron chi connectivity index (χ3n) is 2.99. The number of carbonyl (C=O) groups is 1. The van der Waals surface area contributed by atoms with Crippen LogP contribution in [0.3, 0.4) is 0 Å². The summed E-state index contributed by atoms with van der Waals surface area (Å²) in [5.74, 6) is 0.534. The monoisotopic (exact) mass is 263 g/mol. The summed E-state index contributed by atoms with van der Waals surface area (Å²) in [5.41, 5.74) is 2.14. The van der Waals surface area contributed by atoms with Gasteiger partial charge in [0.1, 0.15) is 5.76 Å². The van der Waals surface area contributed by atoms with Crippen molar-refractivity contribution in [3.05, 3.63) is 78.6 Å². The number of anilines is 1. The average Bonchev–Trinajstić information content (AvgIpc) is 3.02. The highest BCUT2D eigenvalue weighted by Crippen LogP contribution is 2.24. The minimum Gasteiger partial charge on any atom is -0.464 e. The van der Waals surface area contributed by atoms with Crippen molar-refractivity contribution in [2.45, 2.75) is 0 Å². The van der Waals surface area contributed by atoms with Crippen molar-refractivity contribution in [1.29, 1.82) is 0 Å². The molecule has 2 aromatic carbocycles. The van der Waals surface area contributed by atoms with Gasteiger partial charge in [0.25, 0.3) is 5.91 Å². The Hall–Kier alpha value is -2.81. The number of hydrogen-bond acceptors (Lipinski definition) is 2. The summed E-state index contributed by atoms with van der Waals surface area (Å²) in [6, 6.07) is 20.4. The number of nitrogens with one attached hydrogen (secondary N) is 1. The van der Waals surface area contributed by atoms with E-state index in [-0.39, 0.29) is 5.91 Å². The molecule has 3 aromatic rings. The van der Waals surface area contributed by atoms with E-state index in [0.717, 1.165) is 11.3 Å². The highest BCUT2D eigenvalue weighted by molar-refractivity contribution is 6.08. The minimum atomic E-state index is -0.150. The molecular weight excluding hydrogens is 250 g/mol. The molecule has 0 aliphatic carbocycles. The summed E-state index contributed by atoms with van der Waals surface area (Å²) in [4.78, 5) is 12.4. The first-order valence-electron chi connectivity index (χ1n) is 6.34. The zero-order valence-electron chi connectivity index (χ0n) is 10.7. The number of rotatable bonds is 3. The fourth-order valence-corrected chi connectivity index (χ4v) is 2.05. The Morgan fingerprint density at radius 3 is 2.35 bits per heavy atom. The van der Waals surface area contributed by atoms with Gasteiger partial charge in [0.2, 0.25) is 0 Å². The molecule has 20 heavy (non-hydrogen) atoms. The number of furan rings is 1. The molecule has 1 aromatic heterocycles. The van der Waals surface area contributed by atoms with Gasteiger partial charge in [-0.1, -0.05) is 36.4 Å². The predicted octanol–water partition coefficient (Wildman–Crippen LogP) is 4.20. The number of carbonyl (C=O) groups excluding carboxylic acids is 1. The molecule has 0 unspecified atom stereocenters. The first-order chi connectivity index (χ1) is 9.84. The molecule has 0 aliphatic heterocycles. The molecule has 0 saturated carbocycles. The van der Waals surface area contributed by atoms with E-state index in [0.29, 0.717) is 11.3 Å². The molecule has 3 heteroatoms. The maximum Gasteiger partial charge on any atom is 0.256 e. The van der Waals surface area contributed by atoms with Crippen molar-refractivity contribution in [2.75, 3.05) is 5.32 Å². The smallest absolute Gasteiger partial charge is 0.256 e. The number of benzene rings is 2. The topological polar surface area (TPSA) is 42.2 Å². The second-order valence-electron chi connectivity index (χ2n) is 4.34. The molecule has 0 bridgehead atoms. The summed E-state index contributed by atoms with van der Waals surface area (Å²) in [7, 11) is 0. The summed E-state index contributed by atoms with van der Waals surface area (Å²) >= 11 is 0. The van der Waals surface area contributed by atoms with Crippen LogP contribution in [-0.4, -0.2) is 5.91 Å². The Morgan fingerprint density at radius 1 is 0.850 bits per heavy atom. The molecule has 1 amide bonds. The number of para-hydroxylation sites is 1. The van der Waals surface area contributed by atoms with Gasteiger partial charge in [0.15, 0.2) is 0 Å². The van der Waals surface area contributed by atoms with Crippen LogP contribution in [0.4, 0.5) is 5.69 Å². The maximum atomic E-state index is 12.4. The molecule has 3 rings (SSSR count). The second kappa shape index (κ2) is 5.45. The molecule has 0 radical (unpaired) electrons. The molecule has 0 spiro atoms. The Labute approximate surface area is 116 Å². The zero-order chi connectivity index (χ0) is 13.8. The Bertz CT molecular complexity index is 703. The van der Waals surface area contributed by atoms with Gasteiger partial charge in [-0.2, -0.15) is 0 Å². The van der Waals surface area contributed by atoms with Gasteiger partial charge >= 0.3 is 0 Å². The van der Waals surface area contributed by atoms with Crippen molar-refractivity contribution in [3.63, 3.8) is 0 Å². The predicted molar refractivity (Wildman–Crippen MR) is 78.5 cm³/mol. The first-order valence-corrected chi connectivity index (χ1v) is 6.34. The summed E-state index contributed by atoms with van der Waals surface area (Å²) in [5, 5.41) is 2.88. The van der Waals surface area contributed by atoms with Gasteiger partial charge in [0.05, 0.1) is 11.8 Å². The Kier molecular flexibility index (Phi) is 3.33. The van der Waals surface area contributed by atoms with E-state index in [4.69, 9.17) is 4.42 Å². The largest absolute Gasteiger partial charge is 0.464 e. The van der Waals surface area contributed by atoms with E-state index in [1.165, 1.54) is 0 Å². The fourth-order valence-electron chi connectivity index (χ4n) is 2.05.